The molecular weight excluding hydrogens is 376 g/mol. The number of nitrogens with zero attached hydrogens (tertiary/aromatic N) is 2. The van der Waals surface area contributed by atoms with Crippen LogP contribution < -0.4 is 14.4 Å². The Labute approximate surface area is 175 Å². The monoisotopic (exact) mass is 400 g/mol. The van der Waals surface area contributed by atoms with Crippen LogP contribution in [-0.4, -0.2) is 25.0 Å². The number of anilines is 1. The predicted molar refractivity (Wildman–Crippen MR) is 119 cm³/mol. The molecule has 1 atom stereocenters. The van der Waals surface area contributed by atoms with Crippen molar-refractivity contribution in [1.29, 1.82) is 0 Å². The molecule has 1 spiro atoms. The first kappa shape index (κ1) is 18.7. The van der Waals surface area contributed by atoms with E-state index in [2.05, 4.69) is 36.9 Å². The summed E-state index contributed by atoms with van der Waals surface area (Å²) in [7, 11) is 2.02. The highest BCUT2D eigenvalue weighted by Crippen LogP contribution is 2.54. The fourth-order valence-corrected chi connectivity index (χ4v) is 4.61. The molecule has 3 aromatic rings. The Morgan fingerprint density at radius 3 is 2.73 bits per heavy atom. The van der Waals surface area contributed by atoms with Gasteiger partial charge >= 0.3 is 5.97 Å². The molecule has 0 radical (unpaired) electrons. The van der Waals surface area contributed by atoms with Crippen LogP contribution in [0, 0.1) is 0 Å². The van der Waals surface area contributed by atoms with E-state index in [0.717, 1.165) is 33.5 Å². The Morgan fingerprint density at radius 2 is 1.93 bits per heavy atom. The largest absolute Gasteiger partial charge is 0.459 e. The highest BCUT2D eigenvalue weighted by molar-refractivity contribution is 5.99. The first-order valence-electron chi connectivity index (χ1n) is 10.2. The number of carbonyl (C=O) groups is 1. The molecule has 1 unspecified atom stereocenters. The van der Waals surface area contributed by atoms with Crippen molar-refractivity contribution < 1.29 is 14.3 Å². The van der Waals surface area contributed by atoms with E-state index in [1.54, 1.807) is 6.92 Å². The number of rotatable bonds is 2. The third kappa shape index (κ3) is 2.41. The van der Waals surface area contributed by atoms with Crippen LogP contribution in [0.4, 0.5) is 11.4 Å². The third-order valence-corrected chi connectivity index (χ3v) is 6.41. The van der Waals surface area contributed by atoms with E-state index in [9.17, 15) is 4.79 Å². The molecule has 5 rings (SSSR count). The first-order valence-corrected chi connectivity index (χ1v) is 10.2. The molecule has 2 aliphatic rings. The SMILES string of the molecule is CCC(=O)Oc1ccc2c(c1)C(C)(C)C1(C=Nc3c(ccc4ccccc34)O1)N2C. The van der Waals surface area contributed by atoms with Crippen molar-refractivity contribution in [3.05, 3.63) is 60.2 Å². The van der Waals surface area contributed by atoms with Gasteiger partial charge in [-0.05, 0) is 49.1 Å². The summed E-state index contributed by atoms with van der Waals surface area (Å²) in [5.41, 5.74) is 1.74. The van der Waals surface area contributed by atoms with Crippen molar-refractivity contribution in [3.63, 3.8) is 0 Å². The lowest BCUT2D eigenvalue weighted by Gasteiger charge is -2.44. The highest BCUT2D eigenvalue weighted by Gasteiger charge is 2.58. The second-order valence-corrected chi connectivity index (χ2v) is 8.38. The van der Waals surface area contributed by atoms with E-state index < -0.39 is 11.1 Å². The number of aliphatic imine (C=N–C) groups is 1. The van der Waals surface area contributed by atoms with E-state index >= 15 is 0 Å². The molecule has 5 heteroatoms. The Hall–Kier alpha value is -3.34. The summed E-state index contributed by atoms with van der Waals surface area (Å²) in [6.45, 7) is 6.06. The highest BCUT2D eigenvalue weighted by atomic mass is 16.5. The van der Waals surface area contributed by atoms with Gasteiger partial charge in [0.25, 0.3) is 0 Å². The number of esters is 1. The molecule has 0 amide bonds. The maximum absolute atomic E-state index is 11.8. The number of ether oxygens (including phenoxy) is 2. The van der Waals surface area contributed by atoms with Gasteiger partial charge in [0, 0.05) is 24.5 Å². The van der Waals surface area contributed by atoms with E-state index in [1.807, 2.05) is 49.7 Å². The van der Waals surface area contributed by atoms with Gasteiger partial charge in [0.1, 0.15) is 17.2 Å². The molecule has 0 N–H and O–H groups in total. The number of hydrogen-bond acceptors (Lipinski definition) is 5. The first-order chi connectivity index (χ1) is 14.4. The van der Waals surface area contributed by atoms with Gasteiger partial charge in [-0.2, -0.15) is 0 Å². The maximum Gasteiger partial charge on any atom is 0.310 e. The summed E-state index contributed by atoms with van der Waals surface area (Å²) in [5.74, 6) is 1.07. The van der Waals surface area contributed by atoms with Crippen LogP contribution >= 0.6 is 0 Å². The van der Waals surface area contributed by atoms with Gasteiger partial charge in [0.15, 0.2) is 0 Å². The van der Waals surface area contributed by atoms with Crippen LogP contribution in [0.1, 0.15) is 32.8 Å². The topological polar surface area (TPSA) is 51.1 Å². The molecule has 152 valence electrons. The van der Waals surface area contributed by atoms with E-state index in [4.69, 9.17) is 14.5 Å². The summed E-state index contributed by atoms with van der Waals surface area (Å²) in [5, 5.41) is 2.21. The molecule has 0 saturated carbocycles. The lowest BCUT2D eigenvalue weighted by atomic mass is 9.77. The average Bonchev–Trinajstić information content (AvgIpc) is 2.91. The standard InChI is InChI=1S/C25H24N2O3/c1-5-22(28)29-17-11-12-20-19(14-17)24(2,3)25(27(20)4)15-26-23-18-9-7-6-8-16(18)10-13-21(23)30-25/h6-15H,5H2,1-4H3. The fraction of sp³-hybridized carbons (Fsp3) is 0.280. The Morgan fingerprint density at radius 1 is 1.13 bits per heavy atom. The number of benzene rings is 3. The zero-order chi connectivity index (χ0) is 21.1. The van der Waals surface area contributed by atoms with Crippen molar-refractivity contribution in [1.82, 2.24) is 0 Å². The molecule has 30 heavy (non-hydrogen) atoms. The van der Waals surface area contributed by atoms with Gasteiger partial charge in [-0.25, -0.2) is 0 Å². The number of hydrogen-bond donors (Lipinski definition) is 0. The van der Waals surface area contributed by atoms with Crippen molar-refractivity contribution in [3.8, 4) is 11.5 Å². The lowest BCUT2D eigenvalue weighted by molar-refractivity contribution is -0.134. The molecule has 3 aromatic carbocycles. The number of fused-ring (bicyclic) bond motifs is 4. The molecule has 0 aromatic heterocycles. The normalized spacial score (nSPS) is 20.7. The summed E-state index contributed by atoms with van der Waals surface area (Å²) in [6, 6.07) is 18.0. The van der Waals surface area contributed by atoms with Crippen molar-refractivity contribution in [2.24, 2.45) is 4.99 Å². The van der Waals surface area contributed by atoms with Crippen LogP contribution in [-0.2, 0) is 10.2 Å². The van der Waals surface area contributed by atoms with Crippen LogP contribution in [0.15, 0.2) is 59.6 Å². The van der Waals surface area contributed by atoms with Crippen LogP contribution in [0.25, 0.3) is 10.8 Å². The van der Waals surface area contributed by atoms with Gasteiger partial charge in [-0.15, -0.1) is 0 Å². The Balaban J connectivity index is 1.61. The van der Waals surface area contributed by atoms with Gasteiger partial charge in [-0.1, -0.05) is 37.3 Å². The molecular formula is C25H24N2O3. The minimum absolute atomic E-state index is 0.245. The Kier molecular flexibility index (Phi) is 3.94. The van der Waals surface area contributed by atoms with Gasteiger partial charge in [0.2, 0.25) is 5.72 Å². The van der Waals surface area contributed by atoms with Crippen LogP contribution in [0.2, 0.25) is 0 Å². The van der Waals surface area contributed by atoms with Crippen LogP contribution in [0.5, 0.6) is 11.5 Å². The second-order valence-electron chi connectivity index (χ2n) is 8.38. The van der Waals surface area contributed by atoms with Crippen molar-refractivity contribution >= 4 is 34.3 Å². The minimum atomic E-state index is -0.780. The van der Waals surface area contributed by atoms with Crippen molar-refractivity contribution in [2.45, 2.75) is 38.3 Å². The summed E-state index contributed by atoms with van der Waals surface area (Å²) in [4.78, 5) is 18.8. The zero-order valence-electron chi connectivity index (χ0n) is 17.6. The zero-order valence-corrected chi connectivity index (χ0v) is 17.6. The molecule has 0 saturated heterocycles. The third-order valence-electron chi connectivity index (χ3n) is 6.41. The van der Waals surface area contributed by atoms with Gasteiger partial charge in [-0.3, -0.25) is 9.79 Å². The average molecular weight is 400 g/mol. The number of likely N-dealkylation sites (N-methyl/N-ethyl adjacent to an activating group) is 1. The molecule has 0 bridgehead atoms. The second kappa shape index (κ2) is 6.33. The molecule has 0 aliphatic carbocycles. The Bertz CT molecular complexity index is 1210. The van der Waals surface area contributed by atoms with Gasteiger partial charge < -0.3 is 14.4 Å². The lowest BCUT2D eigenvalue weighted by Crippen LogP contribution is -2.61. The summed E-state index contributed by atoms with van der Waals surface area (Å²) < 4.78 is 12.2. The van der Waals surface area contributed by atoms with Crippen LogP contribution in [0.3, 0.4) is 0 Å². The maximum atomic E-state index is 11.8. The molecule has 5 nitrogen and oxygen atoms in total. The van der Waals surface area contributed by atoms with E-state index in [-0.39, 0.29) is 5.97 Å². The molecule has 0 fully saturated rings. The summed E-state index contributed by atoms with van der Waals surface area (Å²) >= 11 is 0. The fourth-order valence-electron chi connectivity index (χ4n) is 4.61. The quantitative estimate of drug-likeness (QED) is 0.428. The summed E-state index contributed by atoms with van der Waals surface area (Å²) in [6.07, 6.45) is 2.25. The molecule has 2 heterocycles. The molecule has 2 aliphatic heterocycles. The van der Waals surface area contributed by atoms with Crippen molar-refractivity contribution in [2.75, 3.05) is 11.9 Å². The minimum Gasteiger partial charge on any atom is -0.459 e. The predicted octanol–water partition coefficient (Wildman–Crippen LogP) is 5.37. The van der Waals surface area contributed by atoms with Gasteiger partial charge in [0.05, 0.1) is 11.6 Å². The number of carbonyl (C=O) groups excluding carboxylic acids is 1. The van der Waals surface area contributed by atoms with E-state index in [0.29, 0.717) is 12.2 Å². The smallest absolute Gasteiger partial charge is 0.310 e. The van der Waals surface area contributed by atoms with E-state index in [1.165, 1.54) is 0 Å².